The van der Waals surface area contributed by atoms with Gasteiger partial charge in [-0.25, -0.2) is 9.97 Å². The summed E-state index contributed by atoms with van der Waals surface area (Å²) < 4.78 is 5.29. The molecule has 0 aliphatic carbocycles. The van der Waals surface area contributed by atoms with Gasteiger partial charge in [0.25, 0.3) is 0 Å². The predicted octanol–water partition coefficient (Wildman–Crippen LogP) is -0.345. The molecule has 0 aromatic carbocycles. The predicted molar refractivity (Wildman–Crippen MR) is 69.6 cm³/mol. The summed E-state index contributed by atoms with van der Waals surface area (Å²) >= 11 is 0. The van der Waals surface area contributed by atoms with E-state index in [0.29, 0.717) is 31.4 Å². The summed E-state index contributed by atoms with van der Waals surface area (Å²) in [6, 6.07) is 0.836. The first kappa shape index (κ1) is 14.0. The molecule has 0 saturated carbocycles. The zero-order valence-corrected chi connectivity index (χ0v) is 11.1. The number of hydrogen-bond acceptors (Lipinski definition) is 6. The molecule has 1 saturated heterocycles. The van der Waals surface area contributed by atoms with Gasteiger partial charge in [0.1, 0.15) is 18.2 Å². The molecule has 20 heavy (non-hydrogen) atoms. The summed E-state index contributed by atoms with van der Waals surface area (Å²) in [6.07, 6.45) is 1.06. The van der Waals surface area contributed by atoms with Crippen LogP contribution in [-0.2, 0) is 9.59 Å². The summed E-state index contributed by atoms with van der Waals surface area (Å²) in [6.45, 7) is 3.24. The third-order valence-electron chi connectivity index (χ3n) is 2.91. The molecule has 108 valence electrons. The Hall–Kier alpha value is -2.38. The third-order valence-corrected chi connectivity index (χ3v) is 2.91. The van der Waals surface area contributed by atoms with Gasteiger partial charge in [-0.15, -0.1) is 0 Å². The van der Waals surface area contributed by atoms with Crippen LogP contribution >= 0.6 is 0 Å². The van der Waals surface area contributed by atoms with Crippen LogP contribution in [0, 0.1) is 0 Å². The number of aromatic nitrogens is 2. The maximum atomic E-state index is 11.8. The van der Waals surface area contributed by atoms with Crippen molar-refractivity contribution in [2.75, 3.05) is 24.6 Å². The smallest absolute Gasteiger partial charge is 0.305 e. The molecule has 0 radical (unpaired) electrons. The van der Waals surface area contributed by atoms with Gasteiger partial charge in [-0.2, -0.15) is 0 Å². The van der Waals surface area contributed by atoms with E-state index >= 15 is 0 Å². The zero-order valence-electron chi connectivity index (χ0n) is 11.1. The Kier molecular flexibility index (Phi) is 4.34. The van der Waals surface area contributed by atoms with E-state index in [4.69, 9.17) is 9.84 Å². The molecule has 1 amide bonds. The molecular weight excluding hydrogens is 264 g/mol. The molecule has 1 aromatic rings. The normalized spacial score (nSPS) is 18.6. The fourth-order valence-electron chi connectivity index (χ4n) is 2.07. The van der Waals surface area contributed by atoms with Crippen LogP contribution in [0.15, 0.2) is 12.4 Å². The van der Waals surface area contributed by atoms with Crippen molar-refractivity contribution in [3.05, 3.63) is 12.4 Å². The number of hydrogen-bond donors (Lipinski definition) is 2. The molecule has 0 bridgehead atoms. The molecule has 8 nitrogen and oxygen atoms in total. The highest BCUT2D eigenvalue weighted by Gasteiger charge is 2.32. The summed E-state index contributed by atoms with van der Waals surface area (Å²) in [4.78, 5) is 32.4. The second-order valence-corrected chi connectivity index (χ2v) is 4.25. The van der Waals surface area contributed by atoms with Gasteiger partial charge in [0.2, 0.25) is 11.8 Å². The molecule has 1 aliphatic heterocycles. The van der Waals surface area contributed by atoms with Crippen molar-refractivity contribution < 1.29 is 19.4 Å². The van der Waals surface area contributed by atoms with Crippen molar-refractivity contribution in [2.45, 2.75) is 19.4 Å². The number of carboxylic acids is 1. The van der Waals surface area contributed by atoms with Crippen LogP contribution in [0.3, 0.4) is 0 Å². The van der Waals surface area contributed by atoms with Gasteiger partial charge in [-0.3, -0.25) is 9.59 Å². The molecule has 2 heterocycles. The van der Waals surface area contributed by atoms with E-state index in [9.17, 15) is 9.59 Å². The molecular formula is C12H16N4O4. The first-order valence-corrected chi connectivity index (χ1v) is 6.32. The number of nitrogens with one attached hydrogen (secondary N) is 1. The maximum Gasteiger partial charge on any atom is 0.305 e. The minimum atomic E-state index is -1.03. The number of ether oxygens (including phenoxy) is 1. The highest BCUT2D eigenvalue weighted by molar-refractivity contribution is 5.90. The third kappa shape index (κ3) is 3.14. The van der Waals surface area contributed by atoms with Gasteiger partial charge in [0, 0.05) is 19.2 Å². The molecule has 1 atom stereocenters. The van der Waals surface area contributed by atoms with E-state index in [0.717, 1.165) is 0 Å². The SMILES string of the molecule is CCOc1cc(N2CCNC(=O)C2CC(=O)O)ncn1. The van der Waals surface area contributed by atoms with Crippen LogP contribution < -0.4 is 15.0 Å². The lowest BCUT2D eigenvalue weighted by molar-refractivity contribution is -0.139. The molecule has 2 N–H and O–H groups in total. The van der Waals surface area contributed by atoms with Gasteiger partial charge in [0.15, 0.2) is 0 Å². The lowest BCUT2D eigenvalue weighted by Gasteiger charge is -2.35. The Labute approximate surface area is 115 Å². The van der Waals surface area contributed by atoms with Crippen molar-refractivity contribution in [3.63, 3.8) is 0 Å². The van der Waals surface area contributed by atoms with E-state index in [1.165, 1.54) is 6.33 Å². The van der Waals surface area contributed by atoms with E-state index in [-0.39, 0.29) is 12.3 Å². The van der Waals surface area contributed by atoms with Crippen LogP contribution in [0.25, 0.3) is 0 Å². The lowest BCUT2D eigenvalue weighted by Crippen LogP contribution is -2.56. The van der Waals surface area contributed by atoms with Gasteiger partial charge in [-0.1, -0.05) is 0 Å². The number of amides is 1. The summed E-state index contributed by atoms with van der Waals surface area (Å²) in [7, 11) is 0. The highest BCUT2D eigenvalue weighted by atomic mass is 16.5. The van der Waals surface area contributed by atoms with Gasteiger partial charge < -0.3 is 20.1 Å². The molecule has 1 aliphatic rings. The Bertz CT molecular complexity index is 508. The quantitative estimate of drug-likeness (QED) is 0.759. The average Bonchev–Trinajstić information content (AvgIpc) is 2.41. The number of piperazine rings is 1. The molecule has 2 rings (SSSR count). The summed E-state index contributed by atoms with van der Waals surface area (Å²) in [5.74, 6) is -0.450. The van der Waals surface area contributed by atoms with Crippen LogP contribution in [0.1, 0.15) is 13.3 Å². The second-order valence-electron chi connectivity index (χ2n) is 4.25. The molecule has 8 heteroatoms. The van der Waals surface area contributed by atoms with Crippen molar-refractivity contribution in [1.82, 2.24) is 15.3 Å². The largest absolute Gasteiger partial charge is 0.481 e. The average molecular weight is 280 g/mol. The standard InChI is InChI=1S/C12H16N4O4/c1-2-20-10-6-9(14-7-15-10)16-4-3-13-12(19)8(16)5-11(17)18/h6-8H,2-5H2,1H3,(H,13,19)(H,17,18). The number of rotatable bonds is 5. The first-order chi connectivity index (χ1) is 9.61. The molecule has 1 unspecified atom stereocenters. The van der Waals surface area contributed by atoms with Crippen molar-refractivity contribution in [3.8, 4) is 5.88 Å². The monoisotopic (exact) mass is 280 g/mol. The van der Waals surface area contributed by atoms with Crippen LogP contribution in [0.5, 0.6) is 5.88 Å². The fraction of sp³-hybridized carbons (Fsp3) is 0.500. The lowest BCUT2D eigenvalue weighted by atomic mass is 10.1. The number of carbonyl (C=O) groups is 2. The minimum Gasteiger partial charge on any atom is -0.481 e. The highest BCUT2D eigenvalue weighted by Crippen LogP contribution is 2.21. The van der Waals surface area contributed by atoms with Crippen LogP contribution in [0.2, 0.25) is 0 Å². The van der Waals surface area contributed by atoms with E-state index in [1.54, 1.807) is 11.0 Å². The number of nitrogens with zero attached hydrogens (tertiary/aromatic N) is 3. The van der Waals surface area contributed by atoms with Crippen LogP contribution in [-0.4, -0.2) is 52.7 Å². The summed E-state index contributed by atoms with van der Waals surface area (Å²) in [5, 5.41) is 11.6. The number of carboxylic acid groups (broad SMARTS) is 1. The first-order valence-electron chi connectivity index (χ1n) is 6.32. The zero-order chi connectivity index (χ0) is 14.5. The van der Waals surface area contributed by atoms with Crippen LogP contribution in [0.4, 0.5) is 5.82 Å². The van der Waals surface area contributed by atoms with E-state index < -0.39 is 12.0 Å². The number of anilines is 1. The van der Waals surface area contributed by atoms with Crippen molar-refractivity contribution >= 4 is 17.7 Å². The Morgan fingerprint density at radius 2 is 2.40 bits per heavy atom. The van der Waals surface area contributed by atoms with Crippen molar-refractivity contribution in [2.24, 2.45) is 0 Å². The van der Waals surface area contributed by atoms with E-state index in [2.05, 4.69) is 15.3 Å². The fourth-order valence-corrected chi connectivity index (χ4v) is 2.07. The van der Waals surface area contributed by atoms with Gasteiger partial charge in [0.05, 0.1) is 13.0 Å². The van der Waals surface area contributed by atoms with E-state index in [1.807, 2.05) is 6.92 Å². The second kappa shape index (κ2) is 6.18. The molecule has 0 spiro atoms. The molecule has 1 aromatic heterocycles. The maximum absolute atomic E-state index is 11.8. The van der Waals surface area contributed by atoms with Gasteiger partial charge in [-0.05, 0) is 6.92 Å². The Morgan fingerprint density at radius 1 is 1.60 bits per heavy atom. The molecule has 1 fully saturated rings. The number of aliphatic carboxylic acids is 1. The Morgan fingerprint density at radius 3 is 3.10 bits per heavy atom. The van der Waals surface area contributed by atoms with Gasteiger partial charge >= 0.3 is 5.97 Å². The minimum absolute atomic E-state index is 0.278. The van der Waals surface area contributed by atoms with Crippen molar-refractivity contribution in [1.29, 1.82) is 0 Å². The summed E-state index contributed by atoms with van der Waals surface area (Å²) in [5.41, 5.74) is 0. The Balaban J connectivity index is 2.25. The topological polar surface area (TPSA) is 105 Å². The number of carbonyl (C=O) groups excluding carboxylic acids is 1.